The number of hydrogen-bond donors (Lipinski definition) is 3. The maximum Gasteiger partial charge on any atom is 0.293 e. The number of rotatable bonds is 11. The maximum atomic E-state index is 13.0. The largest absolute Gasteiger partial charge is 0.493 e. The molecular formula is C33H40N4O8. The molecule has 12 heteroatoms. The zero-order valence-electron chi connectivity index (χ0n) is 25.9. The molecule has 5 rings (SSSR count). The summed E-state index contributed by atoms with van der Waals surface area (Å²) in [5.74, 6) is 8.80. The van der Waals surface area contributed by atoms with E-state index >= 15 is 0 Å². The number of ether oxygens (including phenoxy) is 6. The van der Waals surface area contributed by atoms with Gasteiger partial charge in [0.1, 0.15) is 5.70 Å². The van der Waals surface area contributed by atoms with Crippen molar-refractivity contribution in [1.29, 1.82) is 0 Å². The third kappa shape index (κ3) is 8.30. The van der Waals surface area contributed by atoms with Gasteiger partial charge >= 0.3 is 0 Å². The minimum absolute atomic E-state index is 0.0203. The highest BCUT2D eigenvalue weighted by molar-refractivity contribution is 5.92. The first kappa shape index (κ1) is 32.8. The normalized spacial score (nSPS) is 16.3. The molecule has 12 nitrogen and oxygen atoms in total. The summed E-state index contributed by atoms with van der Waals surface area (Å²) in [5.41, 5.74) is 10.1. The number of hydrogen-bond acceptors (Lipinski definition) is 11. The number of benzene rings is 3. The van der Waals surface area contributed by atoms with Gasteiger partial charge < -0.3 is 44.5 Å². The van der Waals surface area contributed by atoms with Crippen LogP contribution < -0.4 is 40.6 Å². The predicted molar refractivity (Wildman–Crippen MR) is 167 cm³/mol. The van der Waals surface area contributed by atoms with Crippen LogP contribution in [0.2, 0.25) is 0 Å². The summed E-state index contributed by atoms with van der Waals surface area (Å²) in [4.78, 5) is 23.7. The number of hydrazine groups is 1. The van der Waals surface area contributed by atoms with Gasteiger partial charge in [-0.05, 0) is 60.7 Å². The third-order valence-electron chi connectivity index (χ3n) is 7.49. The van der Waals surface area contributed by atoms with E-state index in [0.717, 1.165) is 35.1 Å². The number of carbonyl (C=O) groups excluding carboxylic acids is 2. The van der Waals surface area contributed by atoms with Crippen molar-refractivity contribution in [1.82, 2.24) is 10.3 Å². The number of nitrogens with zero attached hydrogens (tertiary/aromatic N) is 1. The maximum absolute atomic E-state index is 13.0. The summed E-state index contributed by atoms with van der Waals surface area (Å²) in [7, 11) is 4.77. The number of aryl methyl sites for hydroxylation is 2. The molecule has 0 aromatic heterocycles. The van der Waals surface area contributed by atoms with Gasteiger partial charge in [0.05, 0.1) is 40.5 Å². The van der Waals surface area contributed by atoms with Crippen molar-refractivity contribution in [3.8, 4) is 28.7 Å². The Labute approximate surface area is 262 Å². The van der Waals surface area contributed by atoms with Crippen LogP contribution in [0.15, 0.2) is 66.5 Å². The molecule has 3 aromatic carbocycles. The Hall–Kier alpha value is -5.10. The average Bonchev–Trinajstić information content (AvgIpc) is 3.50. The second-order valence-corrected chi connectivity index (χ2v) is 10.5. The number of fused-ring (bicyclic) bond motifs is 2. The topological polar surface area (TPSA) is 157 Å². The van der Waals surface area contributed by atoms with Crippen molar-refractivity contribution < 1.29 is 38.0 Å². The van der Waals surface area contributed by atoms with Crippen molar-refractivity contribution in [2.24, 2.45) is 17.5 Å². The summed E-state index contributed by atoms with van der Waals surface area (Å²) < 4.78 is 31.3. The van der Waals surface area contributed by atoms with E-state index in [1.807, 2.05) is 61.5 Å². The summed E-state index contributed by atoms with van der Waals surface area (Å²) >= 11 is 0. The van der Waals surface area contributed by atoms with Gasteiger partial charge in [-0.3, -0.25) is 9.59 Å². The monoisotopic (exact) mass is 620 g/mol. The summed E-state index contributed by atoms with van der Waals surface area (Å²) in [6.07, 6.45) is 2.91. The molecule has 0 bridgehead atoms. The number of methoxy groups -OCH3 is 3. The highest BCUT2D eigenvalue weighted by atomic mass is 16.7. The van der Waals surface area contributed by atoms with Crippen LogP contribution in [0.25, 0.3) is 0 Å². The van der Waals surface area contributed by atoms with Crippen molar-refractivity contribution >= 4 is 12.4 Å². The lowest BCUT2D eigenvalue weighted by Crippen LogP contribution is -2.40. The number of nitrogens with two attached hydrogens (primary N) is 2. The van der Waals surface area contributed by atoms with Gasteiger partial charge in [0, 0.05) is 12.1 Å². The van der Waals surface area contributed by atoms with E-state index in [1.54, 1.807) is 21.3 Å². The quantitative estimate of drug-likeness (QED) is 0.125. The number of amides is 1. The predicted octanol–water partition coefficient (Wildman–Crippen LogP) is 3.50. The second kappa shape index (κ2) is 15.6. The highest BCUT2D eigenvalue weighted by Gasteiger charge is 2.34. The molecule has 2 aliphatic rings. The van der Waals surface area contributed by atoms with E-state index in [1.165, 1.54) is 11.2 Å². The first-order valence-electron chi connectivity index (χ1n) is 14.4. The number of nitrogens with one attached hydrogen (secondary N) is 1. The first-order valence-corrected chi connectivity index (χ1v) is 14.4. The summed E-state index contributed by atoms with van der Waals surface area (Å²) in [6, 6.07) is 16.8. The van der Waals surface area contributed by atoms with Crippen LogP contribution in [-0.4, -0.2) is 52.1 Å². The van der Waals surface area contributed by atoms with Crippen molar-refractivity contribution in [3.63, 3.8) is 0 Å². The number of para-hydroxylation sites is 1. The van der Waals surface area contributed by atoms with Gasteiger partial charge in [0.15, 0.2) is 23.0 Å². The van der Waals surface area contributed by atoms with E-state index in [9.17, 15) is 9.59 Å². The van der Waals surface area contributed by atoms with Crippen LogP contribution in [0, 0.1) is 12.8 Å². The average molecular weight is 621 g/mol. The van der Waals surface area contributed by atoms with Crippen LogP contribution in [0.1, 0.15) is 34.7 Å². The molecule has 2 unspecified atom stereocenters. The molecule has 5 N–H and O–H groups in total. The van der Waals surface area contributed by atoms with Crippen molar-refractivity contribution in [2.45, 2.75) is 32.4 Å². The Balaban J connectivity index is 0.000000323. The Morgan fingerprint density at radius 1 is 1.02 bits per heavy atom. The zero-order chi connectivity index (χ0) is 32.3. The van der Waals surface area contributed by atoms with E-state index in [2.05, 4.69) is 5.32 Å². The van der Waals surface area contributed by atoms with Gasteiger partial charge in [0.2, 0.25) is 12.5 Å². The molecule has 0 saturated heterocycles. The molecule has 1 aliphatic heterocycles. The fraction of sp³-hybridized carbons (Fsp3) is 0.333. The lowest BCUT2D eigenvalue weighted by Gasteiger charge is -2.34. The van der Waals surface area contributed by atoms with Crippen LogP contribution in [0.5, 0.6) is 28.7 Å². The van der Waals surface area contributed by atoms with E-state index in [0.29, 0.717) is 41.8 Å². The van der Waals surface area contributed by atoms with Crippen molar-refractivity contribution in [2.75, 3.05) is 34.7 Å². The molecule has 1 heterocycles. The van der Waals surface area contributed by atoms with Gasteiger partial charge in [-0.2, -0.15) is 0 Å². The van der Waals surface area contributed by atoms with Gasteiger partial charge in [-0.1, -0.05) is 35.9 Å². The van der Waals surface area contributed by atoms with Crippen LogP contribution in [-0.2, 0) is 27.3 Å². The Kier molecular flexibility index (Phi) is 11.4. The second-order valence-electron chi connectivity index (χ2n) is 10.5. The SMILES string of the molecule is COc1cccc(OC)c1OC.Cc1cccc(CN(N)/C=C(\N)C(=O)NC2c3cc4c(cc3CCC2COC=O)OCO4)c1. The van der Waals surface area contributed by atoms with Crippen molar-refractivity contribution in [3.05, 3.63) is 88.7 Å². The fourth-order valence-corrected chi connectivity index (χ4v) is 5.35. The first-order chi connectivity index (χ1) is 21.8. The fourth-order valence-electron chi connectivity index (χ4n) is 5.35. The molecule has 3 aromatic rings. The highest BCUT2D eigenvalue weighted by Crippen LogP contribution is 2.42. The molecule has 0 radical (unpaired) electrons. The summed E-state index contributed by atoms with van der Waals surface area (Å²) in [6.45, 7) is 3.17. The van der Waals surface area contributed by atoms with Crippen LogP contribution >= 0.6 is 0 Å². The van der Waals surface area contributed by atoms with E-state index in [-0.39, 0.29) is 25.0 Å². The Morgan fingerprint density at radius 2 is 1.71 bits per heavy atom. The molecule has 0 saturated carbocycles. The molecule has 1 amide bonds. The molecule has 240 valence electrons. The van der Waals surface area contributed by atoms with Crippen LogP contribution in [0.3, 0.4) is 0 Å². The lowest BCUT2D eigenvalue weighted by molar-refractivity contribution is -0.130. The van der Waals surface area contributed by atoms with Gasteiger partial charge in [0.25, 0.3) is 12.4 Å². The Bertz CT molecular complexity index is 1490. The minimum Gasteiger partial charge on any atom is -0.493 e. The lowest BCUT2D eigenvalue weighted by atomic mass is 9.79. The Morgan fingerprint density at radius 3 is 2.36 bits per heavy atom. The molecule has 0 fully saturated rings. The standard InChI is InChI=1S/C24H28N4O5.C9H12O3/c1-15-3-2-4-16(7-15)10-28(26)11-20(25)24(30)27-23-18(12-31-13-29)6-5-17-8-21-22(9-19(17)23)33-14-32-21;1-10-7-5-4-6-8(11-2)9(7)12-3/h2-4,7-9,11,13,18,23H,5-6,10,12,14,25-26H2,1H3,(H,27,30);4-6H,1-3H3/b20-11-;. The minimum atomic E-state index is -0.457. The van der Waals surface area contributed by atoms with Crippen LogP contribution in [0.4, 0.5) is 0 Å². The number of carbonyl (C=O) groups is 2. The molecule has 45 heavy (non-hydrogen) atoms. The molecule has 0 spiro atoms. The molecular weight excluding hydrogens is 580 g/mol. The van der Waals surface area contributed by atoms with Gasteiger partial charge in [-0.15, -0.1) is 0 Å². The van der Waals surface area contributed by atoms with E-state index < -0.39 is 11.9 Å². The molecule has 1 aliphatic carbocycles. The zero-order valence-corrected chi connectivity index (χ0v) is 25.9. The third-order valence-corrected chi connectivity index (χ3v) is 7.49. The molecule has 2 atom stereocenters. The summed E-state index contributed by atoms with van der Waals surface area (Å²) in [5, 5.41) is 4.38. The van der Waals surface area contributed by atoms with Gasteiger partial charge in [-0.25, -0.2) is 5.84 Å². The smallest absolute Gasteiger partial charge is 0.293 e. The van der Waals surface area contributed by atoms with E-state index in [4.69, 9.17) is 40.0 Å².